The van der Waals surface area contributed by atoms with Gasteiger partial charge in [0.05, 0.1) is 11.3 Å². The second kappa shape index (κ2) is 8.62. The second-order valence-electron chi connectivity index (χ2n) is 5.68. The van der Waals surface area contributed by atoms with E-state index >= 15 is 0 Å². The maximum Gasteiger partial charge on any atom is 0.257 e. The van der Waals surface area contributed by atoms with Crippen molar-refractivity contribution in [1.29, 1.82) is 0 Å². The number of aryl methyl sites for hydroxylation is 1. The molecule has 0 atom stereocenters. The number of rotatable bonds is 8. The lowest BCUT2D eigenvalue weighted by Gasteiger charge is -2.20. The minimum absolute atomic E-state index is 0.0276. The molecule has 0 saturated heterocycles. The highest BCUT2D eigenvalue weighted by Crippen LogP contribution is 2.17. The molecule has 0 fully saturated rings. The van der Waals surface area contributed by atoms with Crippen LogP contribution in [0, 0.1) is 6.92 Å². The lowest BCUT2D eigenvalue weighted by molar-refractivity contribution is 0.0791. The molecule has 0 saturated carbocycles. The van der Waals surface area contributed by atoms with Crippen molar-refractivity contribution in [3.63, 3.8) is 0 Å². The number of carbonyl (C=O) groups is 1. The van der Waals surface area contributed by atoms with Gasteiger partial charge in [0.2, 0.25) is 0 Å². The molecule has 0 spiro atoms. The maximum atomic E-state index is 12.5. The zero-order chi connectivity index (χ0) is 15.8. The number of amides is 1. The first-order valence-electron chi connectivity index (χ1n) is 7.56. The van der Waals surface area contributed by atoms with Gasteiger partial charge in [-0.2, -0.15) is 0 Å². The van der Waals surface area contributed by atoms with E-state index in [0.29, 0.717) is 5.56 Å². The van der Waals surface area contributed by atoms with Crippen LogP contribution in [-0.4, -0.2) is 61.5 Å². The number of nitrogens with zero attached hydrogens (tertiary/aromatic N) is 3. The van der Waals surface area contributed by atoms with E-state index in [9.17, 15) is 4.79 Å². The number of pyridine rings is 1. The van der Waals surface area contributed by atoms with Crippen LogP contribution in [0.4, 0.5) is 5.69 Å². The summed E-state index contributed by atoms with van der Waals surface area (Å²) < 4.78 is 0. The summed E-state index contributed by atoms with van der Waals surface area (Å²) in [6.45, 7) is 6.62. The normalized spacial score (nSPS) is 10.8. The fourth-order valence-electron chi connectivity index (χ4n) is 2.07. The number of aromatic nitrogens is 1. The highest BCUT2D eigenvalue weighted by atomic mass is 16.2. The summed E-state index contributed by atoms with van der Waals surface area (Å²) in [5.41, 5.74) is 2.45. The molecule has 1 amide bonds. The van der Waals surface area contributed by atoms with Crippen molar-refractivity contribution < 1.29 is 4.79 Å². The molecule has 1 heterocycles. The summed E-state index contributed by atoms with van der Waals surface area (Å²) in [4.78, 5) is 20.7. The average Bonchev–Trinajstić information content (AvgIpc) is 2.44. The summed E-state index contributed by atoms with van der Waals surface area (Å²) in [6, 6.07) is 1.94. The Morgan fingerprint density at radius 3 is 2.62 bits per heavy atom. The molecule has 118 valence electrons. The molecule has 0 radical (unpaired) electrons. The Morgan fingerprint density at radius 1 is 1.29 bits per heavy atom. The number of anilines is 1. The van der Waals surface area contributed by atoms with E-state index in [-0.39, 0.29) is 5.91 Å². The third-order valence-electron chi connectivity index (χ3n) is 3.28. The van der Waals surface area contributed by atoms with Crippen LogP contribution >= 0.6 is 0 Å². The van der Waals surface area contributed by atoms with Gasteiger partial charge in [0.1, 0.15) is 0 Å². The third kappa shape index (κ3) is 5.71. The Hall–Kier alpha value is -1.62. The molecule has 0 aliphatic rings. The summed E-state index contributed by atoms with van der Waals surface area (Å²) in [7, 11) is 5.93. The van der Waals surface area contributed by atoms with E-state index in [1.807, 2.05) is 34.1 Å². The van der Waals surface area contributed by atoms with Gasteiger partial charge >= 0.3 is 0 Å². The van der Waals surface area contributed by atoms with Gasteiger partial charge in [-0.3, -0.25) is 9.78 Å². The molecule has 0 aliphatic carbocycles. The molecule has 0 bridgehead atoms. The molecule has 0 aromatic carbocycles. The molecule has 0 aliphatic heterocycles. The monoisotopic (exact) mass is 292 g/mol. The molecule has 5 heteroatoms. The van der Waals surface area contributed by atoms with Crippen LogP contribution in [0.25, 0.3) is 0 Å². The lowest BCUT2D eigenvalue weighted by atomic mass is 10.1. The van der Waals surface area contributed by atoms with E-state index in [1.54, 1.807) is 11.1 Å². The Bertz CT molecular complexity index is 460. The Labute approximate surface area is 128 Å². The SMILES string of the molecule is CCCNc1cc(C)ncc1C(=O)N(C)CCCN(C)C. The zero-order valence-electron chi connectivity index (χ0n) is 13.9. The smallest absolute Gasteiger partial charge is 0.257 e. The predicted octanol–water partition coefficient (Wildman–Crippen LogP) is 2.24. The number of hydrogen-bond acceptors (Lipinski definition) is 4. The number of nitrogens with one attached hydrogen (secondary N) is 1. The van der Waals surface area contributed by atoms with Crippen LogP contribution in [0.1, 0.15) is 35.8 Å². The molecule has 5 nitrogen and oxygen atoms in total. The first kappa shape index (κ1) is 17.4. The van der Waals surface area contributed by atoms with Gasteiger partial charge in [-0.1, -0.05) is 6.92 Å². The topological polar surface area (TPSA) is 48.5 Å². The van der Waals surface area contributed by atoms with E-state index in [1.165, 1.54) is 0 Å². The van der Waals surface area contributed by atoms with Crippen molar-refractivity contribution in [2.75, 3.05) is 46.1 Å². The predicted molar refractivity (Wildman–Crippen MR) is 87.9 cm³/mol. The zero-order valence-corrected chi connectivity index (χ0v) is 13.9. The number of hydrogen-bond donors (Lipinski definition) is 1. The van der Waals surface area contributed by atoms with Crippen molar-refractivity contribution in [1.82, 2.24) is 14.8 Å². The van der Waals surface area contributed by atoms with Gasteiger partial charge in [0.25, 0.3) is 5.91 Å². The summed E-state index contributed by atoms with van der Waals surface area (Å²) >= 11 is 0. The molecule has 0 unspecified atom stereocenters. The Kier molecular flexibility index (Phi) is 7.15. The molecule has 1 aromatic heterocycles. The lowest BCUT2D eigenvalue weighted by Crippen LogP contribution is -2.30. The van der Waals surface area contributed by atoms with Crippen LogP contribution < -0.4 is 5.32 Å². The summed E-state index contributed by atoms with van der Waals surface area (Å²) in [5, 5.41) is 3.32. The molecule has 21 heavy (non-hydrogen) atoms. The van der Waals surface area contributed by atoms with Gasteiger partial charge in [-0.15, -0.1) is 0 Å². The Morgan fingerprint density at radius 2 is 2.00 bits per heavy atom. The van der Waals surface area contributed by atoms with Crippen LogP contribution in [0.15, 0.2) is 12.3 Å². The van der Waals surface area contributed by atoms with Crippen molar-refractivity contribution in [2.45, 2.75) is 26.7 Å². The van der Waals surface area contributed by atoms with E-state index < -0.39 is 0 Å². The largest absolute Gasteiger partial charge is 0.384 e. The minimum atomic E-state index is 0.0276. The summed E-state index contributed by atoms with van der Waals surface area (Å²) in [6.07, 6.45) is 3.66. The van der Waals surface area contributed by atoms with E-state index in [0.717, 1.165) is 43.9 Å². The highest BCUT2D eigenvalue weighted by Gasteiger charge is 2.16. The fourth-order valence-corrected chi connectivity index (χ4v) is 2.07. The Balaban J connectivity index is 2.75. The first-order valence-corrected chi connectivity index (χ1v) is 7.56. The van der Waals surface area contributed by atoms with Gasteiger partial charge in [-0.25, -0.2) is 0 Å². The maximum absolute atomic E-state index is 12.5. The minimum Gasteiger partial charge on any atom is -0.384 e. The quantitative estimate of drug-likeness (QED) is 0.798. The van der Waals surface area contributed by atoms with Crippen molar-refractivity contribution in [2.24, 2.45) is 0 Å². The van der Waals surface area contributed by atoms with Gasteiger partial charge < -0.3 is 15.1 Å². The first-order chi connectivity index (χ1) is 9.95. The summed E-state index contributed by atoms with van der Waals surface area (Å²) in [5.74, 6) is 0.0276. The average molecular weight is 292 g/mol. The molecule has 1 N–H and O–H groups in total. The van der Waals surface area contributed by atoms with E-state index in [4.69, 9.17) is 0 Å². The molecular weight excluding hydrogens is 264 g/mol. The van der Waals surface area contributed by atoms with Crippen LogP contribution in [0.3, 0.4) is 0 Å². The van der Waals surface area contributed by atoms with Gasteiger partial charge in [-0.05, 0) is 46.5 Å². The standard InChI is InChI=1S/C16H28N4O/c1-6-8-17-15-11-13(2)18-12-14(15)16(21)20(5)10-7-9-19(3)4/h11-12H,6-10H2,1-5H3,(H,17,18). The molecular formula is C16H28N4O. The van der Waals surface area contributed by atoms with Crippen molar-refractivity contribution in [3.05, 3.63) is 23.5 Å². The van der Waals surface area contributed by atoms with Crippen LogP contribution in [-0.2, 0) is 0 Å². The van der Waals surface area contributed by atoms with Gasteiger partial charge in [0.15, 0.2) is 0 Å². The molecule has 1 rings (SSSR count). The van der Waals surface area contributed by atoms with Crippen LogP contribution in [0.5, 0.6) is 0 Å². The highest BCUT2D eigenvalue weighted by molar-refractivity contribution is 5.99. The van der Waals surface area contributed by atoms with Crippen LogP contribution in [0.2, 0.25) is 0 Å². The van der Waals surface area contributed by atoms with Crippen molar-refractivity contribution >= 4 is 11.6 Å². The third-order valence-corrected chi connectivity index (χ3v) is 3.28. The van der Waals surface area contributed by atoms with Crippen molar-refractivity contribution in [3.8, 4) is 0 Å². The number of carbonyl (C=O) groups excluding carboxylic acids is 1. The van der Waals surface area contributed by atoms with E-state index in [2.05, 4.69) is 22.1 Å². The fraction of sp³-hybridized carbons (Fsp3) is 0.625. The second-order valence-corrected chi connectivity index (χ2v) is 5.68. The molecule has 1 aromatic rings. The van der Waals surface area contributed by atoms with Gasteiger partial charge in [0, 0.05) is 32.0 Å².